The van der Waals surface area contributed by atoms with Gasteiger partial charge in [0.1, 0.15) is 12.4 Å². The second-order valence-electron chi connectivity index (χ2n) is 3.67. The van der Waals surface area contributed by atoms with Crippen molar-refractivity contribution < 1.29 is 27.4 Å². The van der Waals surface area contributed by atoms with Crippen LogP contribution in [0.25, 0.3) is 0 Å². The maximum Gasteiger partial charge on any atom is 0.411 e. The number of carbonyl (C=O) groups is 1. The fraction of sp³-hybridized carbons (Fsp3) is 0.417. The molecule has 19 heavy (non-hydrogen) atoms. The first-order valence-corrected chi connectivity index (χ1v) is 6.24. The van der Waals surface area contributed by atoms with Gasteiger partial charge in [0.2, 0.25) is 0 Å². The molecule has 0 spiro atoms. The topological polar surface area (TPSA) is 35.5 Å². The molecule has 3 nitrogen and oxygen atoms in total. The number of hydrogen-bond acceptors (Lipinski definition) is 3. The van der Waals surface area contributed by atoms with Crippen LogP contribution in [0.1, 0.15) is 16.8 Å². The zero-order chi connectivity index (χ0) is 14.3. The zero-order valence-electron chi connectivity index (χ0n) is 9.87. The van der Waals surface area contributed by atoms with E-state index in [9.17, 15) is 18.0 Å². The molecule has 0 saturated carbocycles. The van der Waals surface area contributed by atoms with E-state index in [1.165, 1.54) is 0 Å². The number of alkyl halides is 3. The molecule has 0 heterocycles. The predicted molar refractivity (Wildman–Crippen MR) is 66.5 cm³/mol. The summed E-state index contributed by atoms with van der Waals surface area (Å²) in [5.74, 6) is 0.487. The average molecular weight is 341 g/mol. The van der Waals surface area contributed by atoms with Crippen LogP contribution in [0.4, 0.5) is 13.2 Å². The summed E-state index contributed by atoms with van der Waals surface area (Å²) in [6.07, 6.45) is -3.28. The van der Waals surface area contributed by atoms with Gasteiger partial charge in [-0.15, -0.1) is 0 Å². The van der Waals surface area contributed by atoms with E-state index in [1.807, 2.05) is 0 Å². The maximum atomic E-state index is 11.8. The van der Waals surface area contributed by atoms with Gasteiger partial charge in [-0.1, -0.05) is 15.9 Å². The third-order valence-electron chi connectivity index (χ3n) is 2.06. The Morgan fingerprint density at radius 3 is 2.63 bits per heavy atom. The Kier molecular flexibility index (Phi) is 6.30. The Morgan fingerprint density at radius 2 is 2.00 bits per heavy atom. The van der Waals surface area contributed by atoms with Crippen molar-refractivity contribution in [1.29, 1.82) is 0 Å². The van der Waals surface area contributed by atoms with E-state index in [2.05, 4.69) is 20.7 Å². The molecule has 0 fully saturated rings. The highest BCUT2D eigenvalue weighted by atomic mass is 79.9. The van der Waals surface area contributed by atoms with Crippen LogP contribution in [0, 0.1) is 0 Å². The Labute approximate surface area is 116 Å². The normalized spacial score (nSPS) is 11.4. The van der Waals surface area contributed by atoms with Gasteiger partial charge in [-0.25, -0.2) is 0 Å². The van der Waals surface area contributed by atoms with E-state index >= 15 is 0 Å². The molecule has 0 aromatic heterocycles. The summed E-state index contributed by atoms with van der Waals surface area (Å²) in [7, 11) is 0. The monoisotopic (exact) mass is 340 g/mol. The molecule has 0 aliphatic rings. The van der Waals surface area contributed by atoms with Gasteiger partial charge in [0.25, 0.3) is 0 Å². The van der Waals surface area contributed by atoms with Crippen molar-refractivity contribution >= 4 is 22.2 Å². The number of halogens is 4. The maximum absolute atomic E-state index is 11.8. The summed E-state index contributed by atoms with van der Waals surface area (Å²) >= 11 is 3.20. The van der Waals surface area contributed by atoms with Crippen LogP contribution in [-0.2, 0) is 4.74 Å². The Bertz CT molecular complexity index is 421. The molecule has 0 N–H and O–H groups in total. The number of hydrogen-bond donors (Lipinski definition) is 0. The fourth-order valence-corrected chi connectivity index (χ4v) is 1.58. The second-order valence-corrected chi connectivity index (χ2v) is 4.53. The third-order valence-corrected chi connectivity index (χ3v) is 2.78. The smallest absolute Gasteiger partial charge is 0.411 e. The summed E-state index contributed by atoms with van der Waals surface area (Å²) in [5, 5.41) is 0. The molecule has 0 saturated heterocycles. The van der Waals surface area contributed by atoms with Gasteiger partial charge in [-0.2, -0.15) is 13.2 Å². The summed E-state index contributed by atoms with van der Waals surface area (Å²) in [5.41, 5.74) is 0.450. The molecule has 0 aliphatic carbocycles. The average Bonchev–Trinajstić information content (AvgIpc) is 2.34. The van der Waals surface area contributed by atoms with Gasteiger partial charge in [0.05, 0.1) is 13.2 Å². The minimum Gasteiger partial charge on any atom is -0.493 e. The first kappa shape index (κ1) is 16.0. The van der Waals surface area contributed by atoms with Crippen molar-refractivity contribution in [3.05, 3.63) is 28.2 Å². The van der Waals surface area contributed by atoms with Crippen molar-refractivity contribution in [2.24, 2.45) is 0 Å². The van der Waals surface area contributed by atoms with Crippen molar-refractivity contribution in [3.63, 3.8) is 0 Å². The van der Waals surface area contributed by atoms with Crippen LogP contribution in [0.5, 0.6) is 5.75 Å². The molecule has 0 amide bonds. The van der Waals surface area contributed by atoms with Crippen molar-refractivity contribution in [2.45, 2.75) is 12.6 Å². The number of carbonyl (C=O) groups excluding carboxylic acids is 1. The minimum atomic E-state index is -4.30. The molecular formula is C12H12BrF3O3. The Morgan fingerprint density at radius 1 is 1.26 bits per heavy atom. The van der Waals surface area contributed by atoms with Crippen molar-refractivity contribution in [3.8, 4) is 5.75 Å². The van der Waals surface area contributed by atoms with E-state index in [1.54, 1.807) is 18.2 Å². The van der Waals surface area contributed by atoms with Gasteiger partial charge in [0, 0.05) is 16.5 Å². The molecule has 0 unspecified atom stereocenters. The third kappa shape index (κ3) is 6.58. The lowest BCUT2D eigenvalue weighted by Crippen LogP contribution is -2.18. The molecule has 1 aromatic rings. The molecule has 0 bridgehead atoms. The number of aldehydes is 1. The summed E-state index contributed by atoms with van der Waals surface area (Å²) in [6.45, 7) is -1.06. The molecule has 1 rings (SSSR count). The first-order chi connectivity index (χ1) is 8.92. The van der Waals surface area contributed by atoms with Crippen LogP contribution < -0.4 is 4.74 Å². The fourth-order valence-electron chi connectivity index (χ4n) is 1.24. The predicted octanol–water partition coefficient (Wildman–Crippen LogP) is 3.61. The van der Waals surface area contributed by atoms with Crippen LogP contribution in [0.3, 0.4) is 0 Å². The SMILES string of the molecule is O=Cc1cc(OCCCOCC(F)(F)F)ccc1Br. The van der Waals surface area contributed by atoms with Crippen LogP contribution in [0.15, 0.2) is 22.7 Å². The quantitative estimate of drug-likeness (QED) is 0.561. The molecule has 106 valence electrons. The summed E-state index contributed by atoms with van der Waals surface area (Å²) < 4.78 is 45.7. The van der Waals surface area contributed by atoms with Gasteiger partial charge >= 0.3 is 6.18 Å². The Balaban J connectivity index is 2.24. The molecule has 1 aromatic carbocycles. The largest absolute Gasteiger partial charge is 0.493 e. The van der Waals surface area contributed by atoms with E-state index in [0.717, 1.165) is 0 Å². The van der Waals surface area contributed by atoms with Gasteiger partial charge in [-0.05, 0) is 18.2 Å². The zero-order valence-corrected chi connectivity index (χ0v) is 11.5. The number of ether oxygens (including phenoxy) is 2. The van der Waals surface area contributed by atoms with Crippen LogP contribution >= 0.6 is 15.9 Å². The summed E-state index contributed by atoms with van der Waals surface area (Å²) in [4.78, 5) is 10.7. The lowest BCUT2D eigenvalue weighted by atomic mass is 10.2. The number of benzene rings is 1. The van der Waals surface area contributed by atoms with Crippen LogP contribution in [-0.4, -0.2) is 32.3 Å². The highest BCUT2D eigenvalue weighted by Gasteiger charge is 2.27. The summed E-state index contributed by atoms with van der Waals surface area (Å²) in [6, 6.07) is 4.88. The van der Waals surface area contributed by atoms with Crippen LogP contribution in [0.2, 0.25) is 0 Å². The van der Waals surface area contributed by atoms with E-state index in [-0.39, 0.29) is 13.2 Å². The van der Waals surface area contributed by atoms with Gasteiger partial charge < -0.3 is 9.47 Å². The lowest BCUT2D eigenvalue weighted by Gasteiger charge is -2.09. The number of rotatable bonds is 7. The standard InChI is InChI=1S/C12H12BrF3O3/c13-11-3-2-10(6-9(11)7-17)19-5-1-4-18-8-12(14,15)16/h2-3,6-7H,1,4-5,8H2. The second kappa shape index (κ2) is 7.49. The van der Waals surface area contributed by atoms with Crippen molar-refractivity contribution in [2.75, 3.05) is 19.8 Å². The van der Waals surface area contributed by atoms with Crippen molar-refractivity contribution in [1.82, 2.24) is 0 Å². The van der Waals surface area contributed by atoms with E-state index in [4.69, 9.17) is 4.74 Å². The van der Waals surface area contributed by atoms with E-state index < -0.39 is 12.8 Å². The van der Waals surface area contributed by atoms with Gasteiger partial charge in [-0.3, -0.25) is 4.79 Å². The Hall–Kier alpha value is -1.08. The molecule has 0 aliphatic heterocycles. The van der Waals surface area contributed by atoms with E-state index in [0.29, 0.717) is 28.5 Å². The van der Waals surface area contributed by atoms with Gasteiger partial charge in [0.15, 0.2) is 6.29 Å². The lowest BCUT2D eigenvalue weighted by molar-refractivity contribution is -0.174. The molecular weight excluding hydrogens is 329 g/mol. The highest BCUT2D eigenvalue weighted by Crippen LogP contribution is 2.21. The molecule has 0 atom stereocenters. The first-order valence-electron chi connectivity index (χ1n) is 5.44. The minimum absolute atomic E-state index is 0.0312. The molecule has 7 heteroatoms. The highest BCUT2D eigenvalue weighted by molar-refractivity contribution is 9.10. The molecule has 0 radical (unpaired) electrons.